The highest BCUT2D eigenvalue weighted by atomic mass is 35.5. The highest BCUT2D eigenvalue weighted by molar-refractivity contribution is 8.14. The quantitative estimate of drug-likeness (QED) is 0.150. The lowest BCUT2D eigenvalue weighted by Crippen LogP contribution is -2.46. The first-order chi connectivity index (χ1) is 24.8. The van der Waals surface area contributed by atoms with Crippen molar-refractivity contribution in [3.8, 4) is 5.75 Å². The van der Waals surface area contributed by atoms with E-state index in [0.29, 0.717) is 34.9 Å². The van der Waals surface area contributed by atoms with Crippen molar-refractivity contribution in [2.75, 3.05) is 62.8 Å². The molecule has 3 aliphatic heterocycles. The maximum atomic E-state index is 6.60. The minimum Gasteiger partial charge on any atom is -0.491 e. The number of piperazine rings is 1. The van der Waals surface area contributed by atoms with Crippen LogP contribution < -0.4 is 14.5 Å². The van der Waals surface area contributed by atoms with Crippen LogP contribution in [0.15, 0.2) is 84.4 Å². The minimum absolute atomic E-state index is 0.114. The molecule has 3 fully saturated rings. The minimum atomic E-state index is -1.15. The SMILES string of the molecule is CCC(C)N1CC(OC)SC1=Nc1cccc(N2CCN(c3ccc(OCC4COC(Cn5cncn5)(c5ccc(Cl)cc5Cl)O4)cc3)CC2)c1. The van der Waals surface area contributed by atoms with Crippen molar-refractivity contribution in [3.63, 3.8) is 0 Å². The molecule has 14 heteroatoms. The molecular weight excluding hydrogens is 709 g/mol. The van der Waals surface area contributed by atoms with E-state index < -0.39 is 5.79 Å². The van der Waals surface area contributed by atoms with Gasteiger partial charge in [0.2, 0.25) is 5.79 Å². The Morgan fingerprint density at radius 1 is 1.02 bits per heavy atom. The molecule has 3 aliphatic rings. The van der Waals surface area contributed by atoms with Gasteiger partial charge in [-0.2, -0.15) is 5.10 Å². The van der Waals surface area contributed by atoms with E-state index in [1.165, 1.54) is 17.7 Å². The number of aromatic nitrogens is 3. The van der Waals surface area contributed by atoms with E-state index in [4.69, 9.17) is 47.1 Å². The lowest BCUT2D eigenvalue weighted by Gasteiger charge is -2.37. The fourth-order valence-corrected chi connectivity index (χ4v) is 8.25. The number of amidine groups is 1. The topological polar surface area (TPSA) is 89.7 Å². The Hall–Kier alpha value is -3.52. The summed E-state index contributed by atoms with van der Waals surface area (Å²) >= 11 is 14.5. The second-order valence-corrected chi connectivity index (χ2v) is 14.9. The molecule has 270 valence electrons. The molecule has 4 atom stereocenters. The maximum Gasteiger partial charge on any atom is 0.217 e. The van der Waals surface area contributed by atoms with Crippen LogP contribution in [-0.4, -0.2) is 95.5 Å². The Kier molecular flexibility index (Phi) is 11.3. The smallest absolute Gasteiger partial charge is 0.217 e. The monoisotopic (exact) mass is 751 g/mol. The number of rotatable bonds is 12. The van der Waals surface area contributed by atoms with Crippen molar-refractivity contribution in [2.24, 2.45) is 4.99 Å². The zero-order valence-electron chi connectivity index (χ0n) is 29.0. The van der Waals surface area contributed by atoms with Gasteiger partial charge in [0.25, 0.3) is 0 Å². The van der Waals surface area contributed by atoms with E-state index in [9.17, 15) is 0 Å². The number of nitrogens with zero attached hydrogens (tertiary/aromatic N) is 7. The second kappa shape index (κ2) is 16.0. The Morgan fingerprint density at radius 2 is 1.80 bits per heavy atom. The Morgan fingerprint density at radius 3 is 2.51 bits per heavy atom. The van der Waals surface area contributed by atoms with Crippen molar-refractivity contribution in [2.45, 2.75) is 50.2 Å². The van der Waals surface area contributed by atoms with E-state index in [0.717, 1.165) is 55.7 Å². The average molecular weight is 753 g/mol. The molecular formula is C37H43Cl2N7O4S. The molecule has 0 amide bonds. The molecule has 1 aromatic heterocycles. The first-order valence-electron chi connectivity index (χ1n) is 17.3. The van der Waals surface area contributed by atoms with Gasteiger partial charge in [-0.1, -0.05) is 54.0 Å². The zero-order valence-corrected chi connectivity index (χ0v) is 31.4. The van der Waals surface area contributed by atoms with Crippen LogP contribution in [-0.2, 0) is 26.5 Å². The number of ether oxygens (including phenoxy) is 4. The van der Waals surface area contributed by atoms with Gasteiger partial charge in [0, 0.05) is 61.3 Å². The standard InChI is InChI=1S/C37H43Cl2N7O4S/c1-4-26(2)46-20-35(47-3)51-36(46)42-28-6-5-7-30(19-28)44-16-14-43(15-17-44)29-9-11-31(12-10-29)48-21-32-22-49-37(50-32,23-45-25-40-24-41-45)33-13-8-27(38)18-34(33)39/h5-13,18-19,24-26,32,35H,4,14-17,20-23H2,1-3H3. The lowest BCUT2D eigenvalue weighted by atomic mass is 10.1. The van der Waals surface area contributed by atoms with Crippen LogP contribution in [0.4, 0.5) is 17.1 Å². The third-order valence-corrected chi connectivity index (χ3v) is 11.3. The summed E-state index contributed by atoms with van der Waals surface area (Å²) in [6, 6.07) is 22.5. The van der Waals surface area contributed by atoms with E-state index in [-0.39, 0.29) is 18.1 Å². The Labute approximate surface area is 313 Å². The lowest BCUT2D eigenvalue weighted by molar-refractivity contribution is -0.190. The third-order valence-electron chi connectivity index (χ3n) is 9.59. The summed E-state index contributed by atoms with van der Waals surface area (Å²) in [6.45, 7) is 9.92. The number of aliphatic imine (C=N–C) groups is 1. The van der Waals surface area contributed by atoms with Gasteiger partial charge in [0.1, 0.15) is 43.1 Å². The summed E-state index contributed by atoms with van der Waals surface area (Å²) in [5.74, 6) is -0.385. The van der Waals surface area contributed by atoms with Gasteiger partial charge in [-0.05, 0) is 67.9 Å². The van der Waals surface area contributed by atoms with Crippen molar-refractivity contribution in [3.05, 3.63) is 95.0 Å². The van der Waals surface area contributed by atoms with Crippen LogP contribution in [0.1, 0.15) is 25.8 Å². The van der Waals surface area contributed by atoms with Gasteiger partial charge < -0.3 is 33.6 Å². The number of methoxy groups -OCH3 is 1. The average Bonchev–Trinajstić information content (AvgIpc) is 3.92. The molecule has 0 saturated carbocycles. The molecule has 0 bridgehead atoms. The van der Waals surface area contributed by atoms with Crippen molar-refractivity contribution >= 4 is 57.2 Å². The van der Waals surface area contributed by atoms with Gasteiger partial charge in [-0.25, -0.2) is 14.7 Å². The van der Waals surface area contributed by atoms with Crippen LogP contribution in [0.3, 0.4) is 0 Å². The number of hydrogen-bond acceptors (Lipinski definition) is 10. The van der Waals surface area contributed by atoms with E-state index in [1.54, 1.807) is 42.0 Å². The van der Waals surface area contributed by atoms with Crippen LogP contribution >= 0.6 is 35.0 Å². The molecule has 3 aromatic carbocycles. The number of benzene rings is 3. The first-order valence-corrected chi connectivity index (χ1v) is 18.9. The molecule has 0 aliphatic carbocycles. The summed E-state index contributed by atoms with van der Waals surface area (Å²) < 4.78 is 26.3. The molecule has 0 N–H and O–H groups in total. The summed E-state index contributed by atoms with van der Waals surface area (Å²) in [5, 5.41) is 6.27. The van der Waals surface area contributed by atoms with Gasteiger partial charge >= 0.3 is 0 Å². The van der Waals surface area contributed by atoms with E-state index in [1.807, 2.05) is 18.2 Å². The number of halogens is 2. The second-order valence-electron chi connectivity index (χ2n) is 12.9. The van der Waals surface area contributed by atoms with Crippen LogP contribution in [0.2, 0.25) is 10.0 Å². The largest absolute Gasteiger partial charge is 0.491 e. The predicted molar refractivity (Wildman–Crippen MR) is 204 cm³/mol. The van der Waals surface area contributed by atoms with E-state index >= 15 is 0 Å². The maximum absolute atomic E-state index is 6.60. The van der Waals surface area contributed by atoms with Crippen molar-refractivity contribution < 1.29 is 18.9 Å². The molecule has 0 spiro atoms. The number of thioether (sulfide) groups is 1. The summed E-state index contributed by atoms with van der Waals surface area (Å²) in [4.78, 5) is 16.3. The number of anilines is 2. The molecule has 4 heterocycles. The van der Waals surface area contributed by atoms with Crippen molar-refractivity contribution in [1.29, 1.82) is 0 Å². The first kappa shape index (κ1) is 35.9. The predicted octanol–water partition coefficient (Wildman–Crippen LogP) is 7.07. The normalized spacial score (nSPS) is 23.7. The molecule has 0 radical (unpaired) electrons. The summed E-state index contributed by atoms with van der Waals surface area (Å²) in [6.07, 6.45) is 3.83. The highest BCUT2D eigenvalue weighted by Gasteiger charge is 2.45. The molecule has 4 unspecified atom stereocenters. The van der Waals surface area contributed by atoms with Gasteiger partial charge in [-0.15, -0.1) is 0 Å². The fourth-order valence-electron chi connectivity index (χ4n) is 6.58. The number of hydrogen-bond donors (Lipinski definition) is 0. The Balaban J connectivity index is 0.932. The van der Waals surface area contributed by atoms with Gasteiger partial charge in [0.15, 0.2) is 5.17 Å². The molecule has 11 nitrogen and oxygen atoms in total. The summed E-state index contributed by atoms with van der Waals surface area (Å²) in [7, 11) is 1.77. The highest BCUT2D eigenvalue weighted by Crippen LogP contribution is 2.40. The zero-order chi connectivity index (χ0) is 35.4. The van der Waals surface area contributed by atoms with Gasteiger partial charge in [-0.3, -0.25) is 0 Å². The molecule has 51 heavy (non-hydrogen) atoms. The van der Waals surface area contributed by atoms with Crippen LogP contribution in [0, 0.1) is 0 Å². The third kappa shape index (κ3) is 8.27. The Bertz CT molecular complexity index is 1790. The van der Waals surface area contributed by atoms with Crippen LogP contribution in [0.25, 0.3) is 0 Å². The molecule has 4 aromatic rings. The van der Waals surface area contributed by atoms with Gasteiger partial charge in [0.05, 0.1) is 23.9 Å². The molecule has 3 saturated heterocycles. The fraction of sp³-hybridized carbons (Fsp3) is 0.432. The van der Waals surface area contributed by atoms with Crippen molar-refractivity contribution in [1.82, 2.24) is 19.7 Å². The van der Waals surface area contributed by atoms with Crippen LogP contribution in [0.5, 0.6) is 5.75 Å². The summed E-state index contributed by atoms with van der Waals surface area (Å²) in [5.41, 5.74) is 4.13. The van der Waals surface area contributed by atoms with E-state index in [2.05, 4.69) is 75.0 Å². The molecule has 7 rings (SSSR count).